The van der Waals surface area contributed by atoms with Crippen LogP contribution in [0.4, 0.5) is 0 Å². The summed E-state index contributed by atoms with van der Waals surface area (Å²) in [5, 5.41) is 4.29. The summed E-state index contributed by atoms with van der Waals surface area (Å²) in [7, 11) is 5.23. The number of carbonyl (C=O) groups is 1. The van der Waals surface area contributed by atoms with Crippen LogP contribution in [0, 0.1) is 0 Å². The molecule has 88 valence electrons. The molecule has 0 aliphatic rings. The van der Waals surface area contributed by atoms with Gasteiger partial charge in [-0.15, -0.1) is 0 Å². The first kappa shape index (κ1) is 11.3. The van der Waals surface area contributed by atoms with E-state index in [4.69, 9.17) is 0 Å². The minimum atomic E-state index is -0.0706. The first-order chi connectivity index (χ1) is 8.09. The number of aromatic nitrogens is 3. The minimum Gasteiger partial charge on any atom is -0.345 e. The minimum absolute atomic E-state index is 0.0706. The molecule has 0 unspecified atom stereocenters. The van der Waals surface area contributed by atoms with E-state index in [1.54, 1.807) is 38.2 Å². The maximum absolute atomic E-state index is 12.0. The summed E-state index contributed by atoms with van der Waals surface area (Å²) in [4.78, 5) is 17.7. The van der Waals surface area contributed by atoms with Gasteiger partial charge in [0.05, 0.1) is 11.3 Å². The van der Waals surface area contributed by atoms with Gasteiger partial charge in [-0.3, -0.25) is 14.5 Å². The van der Waals surface area contributed by atoms with Crippen molar-refractivity contribution in [2.75, 3.05) is 14.1 Å². The number of aryl methyl sites for hydroxylation is 1. The lowest BCUT2D eigenvalue weighted by Crippen LogP contribution is -2.21. The van der Waals surface area contributed by atoms with E-state index < -0.39 is 0 Å². The van der Waals surface area contributed by atoms with Gasteiger partial charge in [0.1, 0.15) is 5.69 Å². The molecular formula is C12H14N4O. The Balaban J connectivity index is 2.52. The molecule has 0 atom stereocenters. The van der Waals surface area contributed by atoms with Crippen molar-refractivity contribution < 1.29 is 4.79 Å². The third-order valence-electron chi connectivity index (χ3n) is 2.37. The van der Waals surface area contributed by atoms with Gasteiger partial charge in [0.2, 0.25) is 0 Å². The number of hydrogen-bond acceptors (Lipinski definition) is 3. The first-order valence-corrected chi connectivity index (χ1v) is 5.26. The SMILES string of the molecule is CN(C)C(=O)c1cn(C)nc1-c1ccccn1. The van der Waals surface area contributed by atoms with Gasteiger partial charge >= 0.3 is 0 Å². The molecule has 5 nitrogen and oxygen atoms in total. The van der Waals surface area contributed by atoms with Crippen molar-refractivity contribution in [2.24, 2.45) is 7.05 Å². The van der Waals surface area contributed by atoms with Crippen molar-refractivity contribution in [3.63, 3.8) is 0 Å². The van der Waals surface area contributed by atoms with Crippen LogP contribution in [0.1, 0.15) is 10.4 Å². The number of rotatable bonds is 2. The fourth-order valence-corrected chi connectivity index (χ4v) is 1.58. The zero-order chi connectivity index (χ0) is 12.4. The quantitative estimate of drug-likeness (QED) is 0.778. The van der Waals surface area contributed by atoms with Crippen molar-refractivity contribution in [2.45, 2.75) is 0 Å². The lowest BCUT2D eigenvalue weighted by atomic mass is 10.1. The molecule has 2 aromatic rings. The number of pyridine rings is 1. The van der Waals surface area contributed by atoms with E-state index in [2.05, 4.69) is 10.1 Å². The second-order valence-electron chi connectivity index (χ2n) is 3.98. The normalized spacial score (nSPS) is 10.3. The zero-order valence-electron chi connectivity index (χ0n) is 10.1. The third-order valence-corrected chi connectivity index (χ3v) is 2.37. The Morgan fingerprint density at radius 1 is 1.35 bits per heavy atom. The molecule has 0 radical (unpaired) electrons. The molecule has 0 bridgehead atoms. The van der Waals surface area contributed by atoms with Crippen LogP contribution in [0.15, 0.2) is 30.6 Å². The summed E-state index contributed by atoms with van der Waals surface area (Å²) in [5.41, 5.74) is 1.89. The lowest BCUT2D eigenvalue weighted by Gasteiger charge is -2.09. The molecule has 0 aliphatic carbocycles. The van der Waals surface area contributed by atoms with Crippen LogP contribution in [0.2, 0.25) is 0 Å². The van der Waals surface area contributed by atoms with Crippen LogP contribution in [0.25, 0.3) is 11.4 Å². The molecule has 0 saturated heterocycles. The summed E-state index contributed by atoms with van der Waals surface area (Å²) in [6.07, 6.45) is 3.40. The highest BCUT2D eigenvalue weighted by molar-refractivity contribution is 5.99. The second-order valence-corrected chi connectivity index (χ2v) is 3.98. The van der Waals surface area contributed by atoms with Gasteiger partial charge in [-0.2, -0.15) is 5.10 Å². The molecule has 0 saturated carbocycles. The van der Waals surface area contributed by atoms with Gasteiger partial charge in [-0.1, -0.05) is 6.07 Å². The highest BCUT2D eigenvalue weighted by atomic mass is 16.2. The highest BCUT2D eigenvalue weighted by Gasteiger charge is 2.18. The summed E-state index contributed by atoms with van der Waals surface area (Å²) in [5.74, 6) is -0.0706. The lowest BCUT2D eigenvalue weighted by molar-refractivity contribution is 0.0828. The van der Waals surface area contributed by atoms with E-state index in [9.17, 15) is 4.79 Å². The van der Waals surface area contributed by atoms with E-state index in [1.165, 1.54) is 4.90 Å². The highest BCUT2D eigenvalue weighted by Crippen LogP contribution is 2.20. The van der Waals surface area contributed by atoms with Crippen molar-refractivity contribution in [1.29, 1.82) is 0 Å². The molecule has 0 aliphatic heterocycles. The van der Waals surface area contributed by atoms with Crippen molar-refractivity contribution >= 4 is 5.91 Å². The average molecular weight is 230 g/mol. The number of hydrogen-bond donors (Lipinski definition) is 0. The fourth-order valence-electron chi connectivity index (χ4n) is 1.58. The van der Waals surface area contributed by atoms with Crippen LogP contribution >= 0.6 is 0 Å². The van der Waals surface area contributed by atoms with Crippen molar-refractivity contribution in [3.05, 3.63) is 36.2 Å². The number of amides is 1. The van der Waals surface area contributed by atoms with Crippen LogP contribution in [-0.4, -0.2) is 39.7 Å². The predicted molar refractivity (Wildman–Crippen MR) is 64.5 cm³/mol. The average Bonchev–Trinajstić information content (AvgIpc) is 2.71. The summed E-state index contributed by atoms with van der Waals surface area (Å²) < 4.78 is 1.63. The van der Waals surface area contributed by atoms with E-state index >= 15 is 0 Å². The van der Waals surface area contributed by atoms with Crippen LogP contribution < -0.4 is 0 Å². The standard InChI is InChI=1S/C12H14N4O/c1-15(2)12(17)9-8-16(3)14-11(9)10-6-4-5-7-13-10/h4-8H,1-3H3. The molecule has 0 N–H and O–H groups in total. The summed E-state index contributed by atoms with van der Waals surface area (Å²) in [6.45, 7) is 0. The summed E-state index contributed by atoms with van der Waals surface area (Å²) in [6, 6.07) is 5.55. The largest absolute Gasteiger partial charge is 0.345 e. The maximum Gasteiger partial charge on any atom is 0.257 e. The molecule has 2 heterocycles. The Hall–Kier alpha value is -2.17. The second kappa shape index (κ2) is 4.37. The molecule has 5 heteroatoms. The van der Waals surface area contributed by atoms with E-state index in [0.717, 1.165) is 0 Å². The van der Waals surface area contributed by atoms with Crippen LogP contribution in [0.5, 0.6) is 0 Å². The Kier molecular flexibility index (Phi) is 2.91. The van der Waals surface area contributed by atoms with E-state index in [-0.39, 0.29) is 5.91 Å². The maximum atomic E-state index is 12.0. The molecular weight excluding hydrogens is 216 g/mol. The zero-order valence-corrected chi connectivity index (χ0v) is 10.1. The van der Waals surface area contributed by atoms with E-state index in [1.807, 2.05) is 18.2 Å². The fraction of sp³-hybridized carbons (Fsp3) is 0.250. The van der Waals surface area contributed by atoms with Crippen LogP contribution in [0.3, 0.4) is 0 Å². The van der Waals surface area contributed by atoms with Crippen molar-refractivity contribution in [1.82, 2.24) is 19.7 Å². The van der Waals surface area contributed by atoms with Gasteiger partial charge in [-0.05, 0) is 12.1 Å². The Morgan fingerprint density at radius 2 is 2.12 bits per heavy atom. The molecule has 0 fully saturated rings. The van der Waals surface area contributed by atoms with Gasteiger partial charge in [0.25, 0.3) is 5.91 Å². The van der Waals surface area contributed by atoms with Gasteiger partial charge < -0.3 is 4.90 Å². The predicted octanol–water partition coefficient (Wildman–Crippen LogP) is 1.18. The Labute approximate surface area is 99.7 Å². The topological polar surface area (TPSA) is 51.0 Å². The summed E-state index contributed by atoms with van der Waals surface area (Å²) >= 11 is 0. The van der Waals surface area contributed by atoms with Gasteiger partial charge in [0, 0.05) is 33.5 Å². The molecule has 0 spiro atoms. The third kappa shape index (κ3) is 2.18. The number of nitrogens with zero attached hydrogens (tertiary/aromatic N) is 4. The molecule has 1 amide bonds. The monoisotopic (exact) mass is 230 g/mol. The Morgan fingerprint density at radius 3 is 2.71 bits per heavy atom. The van der Waals surface area contributed by atoms with Gasteiger partial charge in [-0.25, -0.2) is 0 Å². The van der Waals surface area contributed by atoms with E-state index in [0.29, 0.717) is 17.0 Å². The molecule has 0 aromatic carbocycles. The first-order valence-electron chi connectivity index (χ1n) is 5.26. The van der Waals surface area contributed by atoms with Gasteiger partial charge in [0.15, 0.2) is 0 Å². The molecule has 17 heavy (non-hydrogen) atoms. The van der Waals surface area contributed by atoms with Crippen LogP contribution in [-0.2, 0) is 7.05 Å². The van der Waals surface area contributed by atoms with Crippen molar-refractivity contribution in [3.8, 4) is 11.4 Å². The molecule has 2 aromatic heterocycles. The smallest absolute Gasteiger partial charge is 0.257 e. The number of carbonyl (C=O) groups excluding carboxylic acids is 1. The Bertz CT molecular complexity index is 531. The molecule has 2 rings (SSSR count).